The summed E-state index contributed by atoms with van der Waals surface area (Å²) < 4.78 is 5.39. The van der Waals surface area contributed by atoms with E-state index in [9.17, 15) is 0 Å². The van der Waals surface area contributed by atoms with E-state index in [2.05, 4.69) is 17.1 Å². The molecule has 0 spiro atoms. The van der Waals surface area contributed by atoms with Gasteiger partial charge in [-0.2, -0.15) is 0 Å². The van der Waals surface area contributed by atoms with E-state index < -0.39 is 0 Å². The summed E-state index contributed by atoms with van der Waals surface area (Å²) in [7, 11) is 1.83. The number of methoxy groups -OCH3 is 1. The molecule has 88 valence electrons. The summed E-state index contributed by atoms with van der Waals surface area (Å²) in [6.07, 6.45) is 4.27. The van der Waals surface area contributed by atoms with Crippen molar-refractivity contribution in [3.63, 3.8) is 0 Å². The average molecular weight is 212 g/mol. The molecule has 0 bridgehead atoms. The minimum absolute atomic E-state index is 0.509. The summed E-state index contributed by atoms with van der Waals surface area (Å²) in [5.74, 6) is 0.852. The van der Waals surface area contributed by atoms with Crippen molar-refractivity contribution in [3.05, 3.63) is 0 Å². The summed E-state index contributed by atoms with van der Waals surface area (Å²) >= 11 is 0. The fraction of sp³-hybridized carbons (Fsp3) is 1.00. The van der Waals surface area contributed by atoms with Gasteiger partial charge in [0.15, 0.2) is 0 Å². The maximum Gasteiger partial charge on any atom is 0.0595 e. The molecular weight excluding hydrogens is 188 g/mol. The van der Waals surface area contributed by atoms with Crippen LogP contribution in [0.4, 0.5) is 0 Å². The molecular formula is C12H24N2O. The number of piperidine rings is 1. The highest BCUT2D eigenvalue weighted by molar-refractivity contribution is 4.85. The van der Waals surface area contributed by atoms with Crippen LogP contribution in [0.2, 0.25) is 0 Å². The van der Waals surface area contributed by atoms with Gasteiger partial charge in [0.25, 0.3) is 0 Å². The summed E-state index contributed by atoms with van der Waals surface area (Å²) in [6.45, 7) is 7.23. The van der Waals surface area contributed by atoms with Crippen molar-refractivity contribution < 1.29 is 4.74 Å². The van der Waals surface area contributed by atoms with Crippen LogP contribution in [-0.4, -0.2) is 50.3 Å². The first-order valence-electron chi connectivity index (χ1n) is 6.28. The quantitative estimate of drug-likeness (QED) is 0.758. The van der Waals surface area contributed by atoms with Gasteiger partial charge >= 0.3 is 0 Å². The van der Waals surface area contributed by atoms with Crippen LogP contribution in [0.25, 0.3) is 0 Å². The standard InChI is InChI=1S/C12H24N2O/c1-10-3-6-13-12(10)9-14-7-4-11(15-2)5-8-14/h10-13H,3-9H2,1-2H3. The molecule has 0 aliphatic carbocycles. The zero-order valence-corrected chi connectivity index (χ0v) is 10.0. The van der Waals surface area contributed by atoms with Gasteiger partial charge in [-0.05, 0) is 31.7 Å². The number of rotatable bonds is 3. The molecule has 2 aliphatic rings. The normalized spacial score (nSPS) is 34.8. The largest absolute Gasteiger partial charge is 0.381 e. The molecule has 2 rings (SSSR count). The highest BCUT2D eigenvalue weighted by Crippen LogP contribution is 2.18. The number of nitrogens with zero attached hydrogens (tertiary/aromatic N) is 1. The SMILES string of the molecule is COC1CCN(CC2NCCC2C)CC1. The first kappa shape index (κ1) is 11.4. The first-order valence-corrected chi connectivity index (χ1v) is 6.28. The molecule has 0 amide bonds. The van der Waals surface area contributed by atoms with Crippen LogP contribution < -0.4 is 5.32 Å². The third kappa shape index (κ3) is 2.92. The Bertz CT molecular complexity index is 190. The Kier molecular flexibility index (Phi) is 4.00. The Hall–Kier alpha value is -0.120. The van der Waals surface area contributed by atoms with E-state index in [0.29, 0.717) is 6.10 Å². The molecule has 0 aromatic rings. The smallest absolute Gasteiger partial charge is 0.0595 e. The van der Waals surface area contributed by atoms with E-state index in [1.54, 1.807) is 0 Å². The zero-order valence-electron chi connectivity index (χ0n) is 10.0. The average Bonchev–Trinajstić information content (AvgIpc) is 2.66. The minimum atomic E-state index is 0.509. The number of nitrogens with one attached hydrogen (secondary N) is 1. The monoisotopic (exact) mass is 212 g/mol. The predicted octanol–water partition coefficient (Wildman–Crippen LogP) is 1.10. The van der Waals surface area contributed by atoms with Crippen LogP contribution in [0.15, 0.2) is 0 Å². The second-order valence-electron chi connectivity index (χ2n) is 5.06. The number of hydrogen-bond acceptors (Lipinski definition) is 3. The number of hydrogen-bond donors (Lipinski definition) is 1. The van der Waals surface area contributed by atoms with E-state index in [1.807, 2.05) is 7.11 Å². The molecule has 2 atom stereocenters. The Balaban J connectivity index is 1.72. The summed E-state index contributed by atoms with van der Waals surface area (Å²) in [6, 6.07) is 0.726. The van der Waals surface area contributed by atoms with Gasteiger partial charge < -0.3 is 15.0 Å². The van der Waals surface area contributed by atoms with E-state index in [-0.39, 0.29) is 0 Å². The molecule has 15 heavy (non-hydrogen) atoms. The second kappa shape index (κ2) is 5.28. The number of likely N-dealkylation sites (tertiary alicyclic amines) is 1. The molecule has 2 aliphatic heterocycles. The van der Waals surface area contributed by atoms with Gasteiger partial charge in [-0.15, -0.1) is 0 Å². The predicted molar refractivity (Wildman–Crippen MR) is 62.0 cm³/mol. The van der Waals surface area contributed by atoms with Gasteiger partial charge in [0.2, 0.25) is 0 Å². The molecule has 0 radical (unpaired) electrons. The van der Waals surface area contributed by atoms with Crippen LogP contribution in [-0.2, 0) is 4.74 Å². The summed E-state index contributed by atoms with van der Waals surface area (Å²) in [5.41, 5.74) is 0. The molecule has 3 nitrogen and oxygen atoms in total. The molecule has 2 fully saturated rings. The topological polar surface area (TPSA) is 24.5 Å². The molecule has 2 unspecified atom stereocenters. The van der Waals surface area contributed by atoms with Crippen molar-refractivity contribution in [2.45, 2.75) is 38.3 Å². The summed E-state index contributed by atoms with van der Waals surface area (Å²) in [4.78, 5) is 2.59. The maximum atomic E-state index is 5.39. The molecule has 2 heterocycles. The number of ether oxygens (including phenoxy) is 1. The van der Waals surface area contributed by atoms with Gasteiger partial charge in [0, 0.05) is 32.8 Å². The molecule has 0 aromatic carbocycles. The fourth-order valence-electron chi connectivity index (χ4n) is 2.75. The Morgan fingerprint density at radius 1 is 1.27 bits per heavy atom. The van der Waals surface area contributed by atoms with Gasteiger partial charge in [-0.1, -0.05) is 6.92 Å². The van der Waals surface area contributed by atoms with E-state index in [0.717, 1.165) is 12.0 Å². The first-order chi connectivity index (χ1) is 7.29. The lowest BCUT2D eigenvalue weighted by Gasteiger charge is -2.33. The van der Waals surface area contributed by atoms with Crippen molar-refractivity contribution in [2.75, 3.05) is 33.3 Å². The molecule has 2 saturated heterocycles. The van der Waals surface area contributed by atoms with E-state index in [1.165, 1.54) is 45.4 Å². The van der Waals surface area contributed by atoms with Crippen LogP contribution in [0.5, 0.6) is 0 Å². The van der Waals surface area contributed by atoms with Gasteiger partial charge in [0.1, 0.15) is 0 Å². The van der Waals surface area contributed by atoms with Crippen molar-refractivity contribution in [1.82, 2.24) is 10.2 Å². The van der Waals surface area contributed by atoms with Crippen LogP contribution >= 0.6 is 0 Å². The van der Waals surface area contributed by atoms with Crippen LogP contribution in [0.1, 0.15) is 26.2 Å². The third-order valence-corrected chi connectivity index (χ3v) is 4.02. The lowest BCUT2D eigenvalue weighted by Crippen LogP contribution is -2.44. The Morgan fingerprint density at radius 2 is 2.00 bits per heavy atom. The lowest BCUT2D eigenvalue weighted by atomic mass is 10.0. The van der Waals surface area contributed by atoms with Gasteiger partial charge in [0.05, 0.1) is 6.10 Å². The highest BCUT2D eigenvalue weighted by atomic mass is 16.5. The fourth-order valence-corrected chi connectivity index (χ4v) is 2.75. The van der Waals surface area contributed by atoms with Crippen molar-refractivity contribution in [3.8, 4) is 0 Å². The third-order valence-electron chi connectivity index (χ3n) is 4.02. The Labute approximate surface area is 93.2 Å². The summed E-state index contributed by atoms with van der Waals surface area (Å²) in [5, 5.41) is 3.61. The molecule has 1 N–H and O–H groups in total. The van der Waals surface area contributed by atoms with Crippen molar-refractivity contribution in [1.29, 1.82) is 0 Å². The van der Waals surface area contributed by atoms with Crippen LogP contribution in [0, 0.1) is 5.92 Å². The molecule has 3 heteroatoms. The molecule has 0 saturated carbocycles. The van der Waals surface area contributed by atoms with Gasteiger partial charge in [-0.3, -0.25) is 0 Å². The second-order valence-corrected chi connectivity index (χ2v) is 5.06. The van der Waals surface area contributed by atoms with E-state index in [4.69, 9.17) is 4.74 Å². The lowest BCUT2D eigenvalue weighted by molar-refractivity contribution is 0.0378. The molecule has 0 aromatic heterocycles. The van der Waals surface area contributed by atoms with Gasteiger partial charge in [-0.25, -0.2) is 0 Å². The Morgan fingerprint density at radius 3 is 2.53 bits per heavy atom. The highest BCUT2D eigenvalue weighted by Gasteiger charge is 2.26. The van der Waals surface area contributed by atoms with E-state index >= 15 is 0 Å². The van der Waals surface area contributed by atoms with Crippen molar-refractivity contribution in [2.24, 2.45) is 5.92 Å². The van der Waals surface area contributed by atoms with Crippen LogP contribution in [0.3, 0.4) is 0 Å². The minimum Gasteiger partial charge on any atom is -0.381 e. The zero-order chi connectivity index (χ0) is 10.7. The maximum absolute atomic E-state index is 5.39. The van der Waals surface area contributed by atoms with Crippen molar-refractivity contribution >= 4 is 0 Å².